The average Bonchev–Trinajstić information content (AvgIpc) is 2.25. The van der Waals surface area contributed by atoms with Crippen molar-refractivity contribution in [2.24, 2.45) is 0 Å². The Bertz CT molecular complexity index is 410. The molecule has 0 aliphatic heterocycles. The predicted molar refractivity (Wildman–Crippen MR) is 71.2 cm³/mol. The average molecular weight is 272 g/mol. The zero-order valence-corrected chi connectivity index (χ0v) is 11.4. The van der Waals surface area contributed by atoms with E-state index in [0.29, 0.717) is 24.5 Å². The van der Waals surface area contributed by atoms with Crippen molar-refractivity contribution in [3.63, 3.8) is 0 Å². The number of hydrogen-bond acceptors (Lipinski definition) is 6. The SMILES string of the molecule is CN(C)c1nc(Cl)nc(N(CCO)C2CCC2)n1. The molecule has 0 bridgehead atoms. The largest absolute Gasteiger partial charge is 0.395 e. The molecule has 6 nitrogen and oxygen atoms in total. The second kappa shape index (κ2) is 5.67. The van der Waals surface area contributed by atoms with Crippen LogP contribution in [0.25, 0.3) is 0 Å². The van der Waals surface area contributed by atoms with Gasteiger partial charge in [0.1, 0.15) is 0 Å². The van der Waals surface area contributed by atoms with Gasteiger partial charge in [0.05, 0.1) is 6.61 Å². The van der Waals surface area contributed by atoms with Gasteiger partial charge in [-0.25, -0.2) is 0 Å². The first kappa shape index (κ1) is 13.3. The number of aliphatic hydroxyl groups excluding tert-OH is 1. The summed E-state index contributed by atoms with van der Waals surface area (Å²) in [5.41, 5.74) is 0. The second-order valence-electron chi connectivity index (χ2n) is 4.60. The summed E-state index contributed by atoms with van der Waals surface area (Å²) in [5.74, 6) is 1.09. The summed E-state index contributed by atoms with van der Waals surface area (Å²) in [5, 5.41) is 9.34. The highest BCUT2D eigenvalue weighted by atomic mass is 35.5. The lowest BCUT2D eigenvalue weighted by Crippen LogP contribution is -2.43. The standard InChI is InChI=1S/C11H18ClN5O/c1-16(2)10-13-9(12)14-11(15-10)17(6-7-18)8-4-3-5-8/h8,18H,3-7H2,1-2H3. The molecule has 2 rings (SSSR count). The third-order valence-electron chi connectivity index (χ3n) is 3.10. The fraction of sp³-hybridized carbons (Fsp3) is 0.727. The summed E-state index contributed by atoms with van der Waals surface area (Å²) < 4.78 is 0. The number of nitrogens with zero attached hydrogens (tertiary/aromatic N) is 5. The lowest BCUT2D eigenvalue weighted by Gasteiger charge is -2.37. The Hall–Kier alpha value is -1.14. The first-order valence-corrected chi connectivity index (χ1v) is 6.46. The number of halogens is 1. The van der Waals surface area contributed by atoms with Crippen molar-refractivity contribution in [1.29, 1.82) is 0 Å². The van der Waals surface area contributed by atoms with Crippen LogP contribution in [0.2, 0.25) is 5.28 Å². The molecule has 1 aliphatic carbocycles. The Kier molecular flexibility index (Phi) is 4.19. The first-order valence-electron chi connectivity index (χ1n) is 6.08. The lowest BCUT2D eigenvalue weighted by molar-refractivity contribution is 0.282. The predicted octanol–water partition coefficient (Wildman–Crippen LogP) is 0.942. The van der Waals surface area contributed by atoms with Crippen LogP contribution < -0.4 is 9.80 Å². The lowest BCUT2D eigenvalue weighted by atomic mass is 9.92. The number of aliphatic hydroxyl groups is 1. The molecule has 1 N–H and O–H groups in total. The van der Waals surface area contributed by atoms with Gasteiger partial charge < -0.3 is 14.9 Å². The van der Waals surface area contributed by atoms with E-state index in [1.54, 1.807) is 4.90 Å². The van der Waals surface area contributed by atoms with Gasteiger partial charge in [-0.3, -0.25) is 0 Å². The maximum absolute atomic E-state index is 9.16. The van der Waals surface area contributed by atoms with E-state index >= 15 is 0 Å². The van der Waals surface area contributed by atoms with E-state index < -0.39 is 0 Å². The van der Waals surface area contributed by atoms with E-state index in [1.807, 2.05) is 19.0 Å². The highest BCUT2D eigenvalue weighted by Gasteiger charge is 2.27. The van der Waals surface area contributed by atoms with Gasteiger partial charge in [-0.15, -0.1) is 0 Å². The van der Waals surface area contributed by atoms with Crippen molar-refractivity contribution in [1.82, 2.24) is 15.0 Å². The van der Waals surface area contributed by atoms with Crippen LogP contribution >= 0.6 is 11.6 Å². The Labute approximate surface area is 112 Å². The van der Waals surface area contributed by atoms with E-state index in [1.165, 1.54) is 6.42 Å². The van der Waals surface area contributed by atoms with E-state index in [2.05, 4.69) is 15.0 Å². The molecule has 7 heteroatoms. The van der Waals surface area contributed by atoms with Crippen LogP contribution in [0.5, 0.6) is 0 Å². The molecule has 18 heavy (non-hydrogen) atoms. The maximum atomic E-state index is 9.16. The summed E-state index contributed by atoms with van der Waals surface area (Å²) in [6, 6.07) is 0.408. The van der Waals surface area contributed by atoms with Crippen molar-refractivity contribution < 1.29 is 5.11 Å². The minimum Gasteiger partial charge on any atom is -0.395 e. The number of hydrogen-bond donors (Lipinski definition) is 1. The van der Waals surface area contributed by atoms with Gasteiger partial charge in [0, 0.05) is 26.7 Å². The summed E-state index contributed by atoms with van der Waals surface area (Å²) in [4.78, 5) is 16.4. The zero-order valence-electron chi connectivity index (χ0n) is 10.7. The third kappa shape index (κ3) is 2.81. The molecule has 0 unspecified atom stereocenters. The minimum absolute atomic E-state index is 0.0805. The highest BCUT2D eigenvalue weighted by Crippen LogP contribution is 2.28. The van der Waals surface area contributed by atoms with Crippen molar-refractivity contribution in [3.05, 3.63) is 5.28 Å². The number of anilines is 2. The summed E-state index contributed by atoms with van der Waals surface area (Å²) in [6.07, 6.45) is 3.44. The van der Waals surface area contributed by atoms with Gasteiger partial charge in [-0.05, 0) is 30.9 Å². The molecule has 1 heterocycles. The molecule has 0 amide bonds. The fourth-order valence-electron chi connectivity index (χ4n) is 1.91. The Morgan fingerprint density at radius 3 is 2.39 bits per heavy atom. The Balaban J connectivity index is 2.27. The molecule has 0 radical (unpaired) electrons. The van der Waals surface area contributed by atoms with Crippen LogP contribution in [0, 0.1) is 0 Å². The van der Waals surface area contributed by atoms with Gasteiger partial charge in [-0.1, -0.05) is 0 Å². The van der Waals surface area contributed by atoms with Gasteiger partial charge in [0.15, 0.2) is 0 Å². The quantitative estimate of drug-likeness (QED) is 0.860. The summed E-state index contributed by atoms with van der Waals surface area (Å²) >= 11 is 5.93. The maximum Gasteiger partial charge on any atom is 0.231 e. The van der Waals surface area contributed by atoms with Crippen LogP contribution in [-0.4, -0.2) is 53.3 Å². The van der Waals surface area contributed by atoms with Gasteiger partial charge in [0.2, 0.25) is 17.2 Å². The topological polar surface area (TPSA) is 65.4 Å². The molecule has 0 atom stereocenters. The molecule has 1 aromatic heterocycles. The molecule has 1 aromatic rings. The zero-order chi connectivity index (χ0) is 13.1. The molecule has 100 valence electrons. The van der Waals surface area contributed by atoms with Gasteiger partial charge >= 0.3 is 0 Å². The van der Waals surface area contributed by atoms with Crippen LogP contribution in [-0.2, 0) is 0 Å². The first-order chi connectivity index (χ1) is 8.61. The smallest absolute Gasteiger partial charge is 0.231 e. The molecule has 0 aromatic carbocycles. The Morgan fingerprint density at radius 1 is 1.22 bits per heavy atom. The van der Waals surface area contributed by atoms with Crippen LogP contribution in [0.4, 0.5) is 11.9 Å². The van der Waals surface area contributed by atoms with Crippen LogP contribution in [0.15, 0.2) is 0 Å². The van der Waals surface area contributed by atoms with Crippen LogP contribution in [0.1, 0.15) is 19.3 Å². The van der Waals surface area contributed by atoms with Gasteiger partial charge in [-0.2, -0.15) is 15.0 Å². The summed E-state index contributed by atoms with van der Waals surface area (Å²) in [7, 11) is 3.71. The number of rotatable bonds is 5. The number of aromatic nitrogens is 3. The minimum atomic E-state index is 0.0805. The molecule has 1 fully saturated rings. The highest BCUT2D eigenvalue weighted by molar-refractivity contribution is 6.28. The molecule has 0 spiro atoms. The van der Waals surface area contributed by atoms with Crippen LogP contribution in [0.3, 0.4) is 0 Å². The molecular formula is C11H18ClN5O. The Morgan fingerprint density at radius 2 is 1.89 bits per heavy atom. The van der Waals surface area contributed by atoms with Crippen molar-refractivity contribution >= 4 is 23.5 Å². The van der Waals surface area contributed by atoms with E-state index in [-0.39, 0.29) is 11.9 Å². The monoisotopic (exact) mass is 271 g/mol. The summed E-state index contributed by atoms with van der Waals surface area (Å²) in [6.45, 7) is 0.606. The van der Waals surface area contributed by atoms with Crippen molar-refractivity contribution in [2.45, 2.75) is 25.3 Å². The fourth-order valence-corrected chi connectivity index (χ4v) is 2.06. The van der Waals surface area contributed by atoms with Gasteiger partial charge in [0.25, 0.3) is 0 Å². The molecule has 0 saturated heterocycles. The second-order valence-corrected chi connectivity index (χ2v) is 4.94. The van der Waals surface area contributed by atoms with E-state index in [0.717, 1.165) is 12.8 Å². The van der Waals surface area contributed by atoms with E-state index in [9.17, 15) is 0 Å². The van der Waals surface area contributed by atoms with Crippen molar-refractivity contribution in [2.75, 3.05) is 37.0 Å². The van der Waals surface area contributed by atoms with Crippen molar-refractivity contribution in [3.8, 4) is 0 Å². The molecule has 1 aliphatic rings. The van der Waals surface area contributed by atoms with E-state index in [4.69, 9.17) is 16.7 Å². The molecular weight excluding hydrogens is 254 g/mol. The normalized spacial score (nSPS) is 15.3. The third-order valence-corrected chi connectivity index (χ3v) is 3.27. The molecule has 1 saturated carbocycles.